The van der Waals surface area contributed by atoms with E-state index in [0.29, 0.717) is 0 Å². The zero-order valence-corrected chi connectivity index (χ0v) is 16.1. The van der Waals surface area contributed by atoms with Gasteiger partial charge in [0.25, 0.3) is 0 Å². The molecule has 5 heterocycles. The Balaban J connectivity index is 1.15. The lowest BCUT2D eigenvalue weighted by Gasteiger charge is -2.38. The lowest BCUT2D eigenvalue weighted by molar-refractivity contribution is -0.136. The summed E-state index contributed by atoms with van der Waals surface area (Å²) >= 11 is 0. The second kappa shape index (κ2) is 7.61. The molecule has 0 atom stereocenters. The van der Waals surface area contributed by atoms with Gasteiger partial charge < -0.3 is 14.7 Å². The third kappa shape index (κ3) is 3.57. The highest BCUT2D eigenvalue weighted by Gasteiger charge is 2.31. The van der Waals surface area contributed by atoms with Crippen molar-refractivity contribution < 1.29 is 4.79 Å². The van der Waals surface area contributed by atoms with Crippen LogP contribution in [-0.2, 0) is 4.79 Å². The molecule has 2 saturated heterocycles. The molecule has 29 heavy (non-hydrogen) atoms. The third-order valence-electron chi connectivity index (χ3n) is 5.74. The summed E-state index contributed by atoms with van der Waals surface area (Å²) in [4.78, 5) is 28.0. The van der Waals surface area contributed by atoms with Crippen molar-refractivity contribution >= 4 is 23.3 Å². The molecule has 0 aromatic carbocycles. The first-order chi connectivity index (χ1) is 14.3. The molecule has 0 spiro atoms. The predicted octanol–water partition coefficient (Wildman–Crippen LogP) is 0.479. The molecule has 10 nitrogen and oxygen atoms in total. The molecule has 150 valence electrons. The third-order valence-corrected chi connectivity index (χ3v) is 5.74. The minimum Gasteiger partial charge on any atom is -0.355 e. The van der Waals surface area contributed by atoms with Gasteiger partial charge in [0.2, 0.25) is 11.9 Å². The summed E-state index contributed by atoms with van der Waals surface area (Å²) in [5.74, 6) is 2.01. The largest absolute Gasteiger partial charge is 0.355 e. The van der Waals surface area contributed by atoms with Gasteiger partial charge in [0, 0.05) is 57.6 Å². The van der Waals surface area contributed by atoms with Crippen molar-refractivity contribution in [2.24, 2.45) is 5.92 Å². The fourth-order valence-corrected chi connectivity index (χ4v) is 4.08. The maximum absolute atomic E-state index is 13.0. The predicted molar refractivity (Wildman–Crippen MR) is 107 cm³/mol. The highest BCUT2D eigenvalue weighted by molar-refractivity contribution is 5.79. The van der Waals surface area contributed by atoms with Gasteiger partial charge in [0.05, 0.1) is 0 Å². The van der Waals surface area contributed by atoms with Crippen molar-refractivity contribution in [2.75, 3.05) is 49.1 Å². The van der Waals surface area contributed by atoms with Crippen LogP contribution in [0, 0.1) is 5.92 Å². The Hall–Kier alpha value is -3.30. The van der Waals surface area contributed by atoms with Crippen LogP contribution in [0.4, 0.5) is 11.8 Å². The number of rotatable bonds is 3. The minimum absolute atomic E-state index is 0.0874. The highest BCUT2D eigenvalue weighted by atomic mass is 16.2. The van der Waals surface area contributed by atoms with Gasteiger partial charge in [-0.25, -0.2) is 9.97 Å². The van der Waals surface area contributed by atoms with Crippen molar-refractivity contribution in [3.05, 3.63) is 36.9 Å². The van der Waals surface area contributed by atoms with Gasteiger partial charge in [-0.1, -0.05) is 0 Å². The van der Waals surface area contributed by atoms with Gasteiger partial charge >= 0.3 is 0 Å². The molecular formula is C19H23N9O. The number of fused-ring (bicyclic) bond motifs is 1. The van der Waals surface area contributed by atoms with E-state index in [1.54, 1.807) is 23.2 Å². The molecule has 0 aliphatic carbocycles. The van der Waals surface area contributed by atoms with E-state index in [2.05, 4.69) is 35.1 Å². The Morgan fingerprint density at radius 1 is 0.931 bits per heavy atom. The van der Waals surface area contributed by atoms with Crippen LogP contribution in [0.15, 0.2) is 36.9 Å². The van der Waals surface area contributed by atoms with Crippen molar-refractivity contribution in [3.8, 4) is 0 Å². The maximum Gasteiger partial charge on any atom is 0.225 e. The van der Waals surface area contributed by atoms with E-state index in [1.165, 1.54) is 0 Å². The van der Waals surface area contributed by atoms with Crippen LogP contribution in [0.2, 0.25) is 0 Å². The van der Waals surface area contributed by atoms with Crippen LogP contribution in [-0.4, -0.2) is 79.9 Å². The molecule has 5 rings (SSSR count). The first-order valence-electron chi connectivity index (χ1n) is 10.0. The lowest BCUT2D eigenvalue weighted by atomic mass is 9.95. The molecular weight excluding hydrogens is 370 g/mol. The van der Waals surface area contributed by atoms with Crippen LogP contribution >= 0.6 is 0 Å². The molecule has 3 aromatic rings. The van der Waals surface area contributed by atoms with E-state index in [9.17, 15) is 4.79 Å². The minimum atomic E-state index is 0.0874. The number of carbonyl (C=O) groups is 1. The van der Waals surface area contributed by atoms with Crippen molar-refractivity contribution in [1.82, 2.24) is 34.7 Å². The Bertz CT molecular complexity index is 976. The fourth-order valence-electron chi connectivity index (χ4n) is 4.08. The van der Waals surface area contributed by atoms with E-state index < -0.39 is 0 Å². The summed E-state index contributed by atoms with van der Waals surface area (Å²) in [6.45, 7) is 4.66. The number of hydrogen-bond donors (Lipinski definition) is 0. The summed E-state index contributed by atoms with van der Waals surface area (Å²) in [5, 5.41) is 12.4. The standard InChI is InChI=1S/C19H23N9O/c29-18(26-10-12-27(13-11-26)19-20-6-1-7-21-19)15-4-8-25(9-5-15)17-3-2-16-23-22-14-28(16)24-17/h1-3,6-7,14-15H,4-5,8-13H2. The van der Waals surface area contributed by atoms with E-state index >= 15 is 0 Å². The zero-order valence-electron chi connectivity index (χ0n) is 16.1. The van der Waals surface area contributed by atoms with Gasteiger partial charge in [0.15, 0.2) is 5.65 Å². The first-order valence-corrected chi connectivity index (χ1v) is 10.0. The number of carbonyl (C=O) groups excluding carboxylic acids is 1. The van der Waals surface area contributed by atoms with Gasteiger partial charge in [-0.05, 0) is 31.0 Å². The van der Waals surface area contributed by atoms with Crippen LogP contribution in [0.25, 0.3) is 5.65 Å². The molecule has 1 amide bonds. The molecule has 10 heteroatoms. The van der Waals surface area contributed by atoms with Crippen LogP contribution < -0.4 is 9.80 Å². The molecule has 0 saturated carbocycles. The summed E-state index contributed by atoms with van der Waals surface area (Å²) in [6, 6.07) is 5.70. The molecule has 0 radical (unpaired) electrons. The molecule has 0 N–H and O–H groups in total. The van der Waals surface area contributed by atoms with E-state index in [0.717, 1.165) is 69.5 Å². The lowest BCUT2D eigenvalue weighted by Crippen LogP contribution is -2.52. The summed E-state index contributed by atoms with van der Waals surface area (Å²) in [5.41, 5.74) is 0.735. The summed E-state index contributed by atoms with van der Waals surface area (Å²) in [7, 11) is 0. The number of nitrogens with zero attached hydrogens (tertiary/aromatic N) is 9. The number of anilines is 2. The number of aromatic nitrogens is 6. The first kappa shape index (κ1) is 17.8. The summed E-state index contributed by atoms with van der Waals surface area (Å²) < 4.78 is 1.68. The second-order valence-corrected chi connectivity index (χ2v) is 7.45. The Morgan fingerprint density at radius 3 is 2.45 bits per heavy atom. The number of hydrogen-bond acceptors (Lipinski definition) is 8. The highest BCUT2D eigenvalue weighted by Crippen LogP contribution is 2.24. The van der Waals surface area contributed by atoms with E-state index in [-0.39, 0.29) is 11.8 Å². The van der Waals surface area contributed by atoms with E-state index in [4.69, 9.17) is 0 Å². The van der Waals surface area contributed by atoms with Gasteiger partial charge in [-0.2, -0.15) is 4.52 Å². The fraction of sp³-hybridized carbons (Fsp3) is 0.474. The van der Waals surface area contributed by atoms with Crippen molar-refractivity contribution in [3.63, 3.8) is 0 Å². The molecule has 2 aliphatic rings. The smallest absolute Gasteiger partial charge is 0.225 e. The monoisotopic (exact) mass is 393 g/mol. The molecule has 0 unspecified atom stereocenters. The topological polar surface area (TPSA) is 95.6 Å². The average Bonchev–Trinajstić information content (AvgIpc) is 3.27. The Kier molecular flexibility index (Phi) is 4.66. The Labute approximate surface area is 168 Å². The number of amides is 1. The van der Waals surface area contributed by atoms with E-state index in [1.807, 2.05) is 23.1 Å². The van der Waals surface area contributed by atoms with Gasteiger partial charge in [0.1, 0.15) is 12.1 Å². The summed E-state index contributed by atoms with van der Waals surface area (Å²) in [6.07, 6.45) is 6.81. The average molecular weight is 393 g/mol. The SMILES string of the molecule is O=C(C1CCN(c2ccc3nncn3n2)CC1)N1CCN(c2ncccn2)CC1. The Morgan fingerprint density at radius 2 is 1.69 bits per heavy atom. The molecule has 2 fully saturated rings. The molecule has 0 bridgehead atoms. The van der Waals surface area contributed by atoms with Crippen LogP contribution in [0.5, 0.6) is 0 Å². The zero-order chi connectivity index (χ0) is 19.6. The molecule has 2 aliphatic heterocycles. The normalized spacial score (nSPS) is 18.4. The van der Waals surface area contributed by atoms with Crippen molar-refractivity contribution in [2.45, 2.75) is 12.8 Å². The quantitative estimate of drug-likeness (QED) is 0.634. The van der Waals surface area contributed by atoms with Gasteiger partial charge in [-0.15, -0.1) is 15.3 Å². The number of piperidine rings is 1. The van der Waals surface area contributed by atoms with Gasteiger partial charge in [-0.3, -0.25) is 4.79 Å². The molecule has 3 aromatic heterocycles. The maximum atomic E-state index is 13.0. The number of piperazine rings is 1. The van der Waals surface area contributed by atoms with Crippen LogP contribution in [0.3, 0.4) is 0 Å². The van der Waals surface area contributed by atoms with Crippen LogP contribution in [0.1, 0.15) is 12.8 Å². The second-order valence-electron chi connectivity index (χ2n) is 7.45. The van der Waals surface area contributed by atoms with Crippen molar-refractivity contribution in [1.29, 1.82) is 0 Å².